The van der Waals surface area contributed by atoms with Crippen LogP contribution in [0, 0.1) is 23.2 Å². The summed E-state index contributed by atoms with van der Waals surface area (Å²) in [7, 11) is 0. The normalized spacial score (nSPS) is 34.1. The SMILES string of the molecule is CC12CC(O)C(C)(O1)C(C(=O)O)C2C(=O)Nc1ccc(C#N)c(C(F)(F)F)c1. The number of aliphatic hydroxyl groups excluding tert-OH is 1. The highest BCUT2D eigenvalue weighted by Gasteiger charge is 2.71. The van der Waals surface area contributed by atoms with Gasteiger partial charge in [0.15, 0.2) is 0 Å². The van der Waals surface area contributed by atoms with Gasteiger partial charge in [0.2, 0.25) is 5.91 Å². The first-order valence-corrected chi connectivity index (χ1v) is 8.37. The van der Waals surface area contributed by atoms with Gasteiger partial charge in [-0.05, 0) is 32.0 Å². The van der Waals surface area contributed by atoms with E-state index in [9.17, 15) is 33.0 Å². The number of alkyl halides is 3. The number of rotatable bonds is 3. The standard InChI is InChI=1S/C18H17F3N2O5/c1-16-6-11(24)17(2,28-16)13(15(26)27)12(16)14(25)23-9-4-3-8(7-22)10(5-9)18(19,20)21/h3-5,11-13,24H,6H2,1-2H3,(H,23,25)(H,26,27). The number of carboxylic acid groups (broad SMARTS) is 1. The number of halogens is 3. The van der Waals surface area contributed by atoms with Gasteiger partial charge >= 0.3 is 12.1 Å². The average molecular weight is 398 g/mol. The van der Waals surface area contributed by atoms with Crippen LogP contribution in [0.4, 0.5) is 18.9 Å². The minimum absolute atomic E-state index is 0.0204. The van der Waals surface area contributed by atoms with Crippen LogP contribution in [0.2, 0.25) is 0 Å². The van der Waals surface area contributed by atoms with Crippen LogP contribution < -0.4 is 5.32 Å². The van der Waals surface area contributed by atoms with Crippen molar-refractivity contribution < 1.29 is 37.7 Å². The molecule has 1 aromatic carbocycles. The van der Waals surface area contributed by atoms with Crippen molar-refractivity contribution in [1.29, 1.82) is 5.26 Å². The molecule has 0 saturated carbocycles. The summed E-state index contributed by atoms with van der Waals surface area (Å²) in [5, 5.41) is 30.9. The van der Waals surface area contributed by atoms with Crippen molar-refractivity contribution in [3.63, 3.8) is 0 Å². The first-order valence-electron chi connectivity index (χ1n) is 8.37. The highest BCUT2D eigenvalue weighted by molar-refractivity contribution is 5.97. The Balaban J connectivity index is 1.94. The fourth-order valence-electron chi connectivity index (χ4n) is 4.33. The third-order valence-electron chi connectivity index (χ3n) is 5.58. The Morgan fingerprint density at radius 3 is 2.50 bits per heavy atom. The molecule has 150 valence electrons. The zero-order valence-corrected chi connectivity index (χ0v) is 14.9. The molecule has 5 atom stereocenters. The van der Waals surface area contributed by atoms with Gasteiger partial charge in [0.25, 0.3) is 0 Å². The summed E-state index contributed by atoms with van der Waals surface area (Å²) < 4.78 is 45.0. The number of carbonyl (C=O) groups excluding carboxylic acids is 1. The van der Waals surface area contributed by atoms with Gasteiger partial charge in [-0.25, -0.2) is 0 Å². The summed E-state index contributed by atoms with van der Waals surface area (Å²) in [4.78, 5) is 24.6. The Labute approximate surface area is 157 Å². The van der Waals surface area contributed by atoms with Crippen molar-refractivity contribution in [2.24, 2.45) is 11.8 Å². The Kier molecular flexibility index (Phi) is 4.44. The Morgan fingerprint density at radius 2 is 1.96 bits per heavy atom. The van der Waals surface area contributed by atoms with E-state index in [4.69, 9.17) is 10.00 Å². The number of hydrogen-bond acceptors (Lipinski definition) is 5. The van der Waals surface area contributed by atoms with Crippen LogP contribution in [-0.2, 0) is 20.5 Å². The Morgan fingerprint density at radius 1 is 1.32 bits per heavy atom. The molecule has 2 heterocycles. The molecule has 3 rings (SSSR count). The van der Waals surface area contributed by atoms with Crippen molar-refractivity contribution >= 4 is 17.6 Å². The number of benzene rings is 1. The van der Waals surface area contributed by atoms with Crippen LogP contribution in [0.15, 0.2) is 18.2 Å². The molecule has 0 spiro atoms. The van der Waals surface area contributed by atoms with Crippen LogP contribution in [0.3, 0.4) is 0 Å². The van der Waals surface area contributed by atoms with Crippen molar-refractivity contribution in [3.05, 3.63) is 29.3 Å². The lowest BCUT2D eigenvalue weighted by Gasteiger charge is -2.35. The molecular formula is C18H17F3N2O5. The molecule has 0 aliphatic carbocycles. The van der Waals surface area contributed by atoms with Crippen molar-refractivity contribution in [2.45, 2.75) is 43.8 Å². The number of hydrogen-bond donors (Lipinski definition) is 3. The molecule has 2 saturated heterocycles. The third-order valence-corrected chi connectivity index (χ3v) is 5.58. The van der Waals surface area contributed by atoms with Gasteiger partial charge in [0.05, 0.1) is 34.8 Å². The zero-order valence-electron chi connectivity index (χ0n) is 14.9. The second kappa shape index (κ2) is 6.18. The minimum Gasteiger partial charge on any atom is -0.481 e. The van der Waals surface area contributed by atoms with E-state index in [0.29, 0.717) is 6.07 Å². The summed E-state index contributed by atoms with van der Waals surface area (Å²) in [6.45, 7) is 2.90. The second-order valence-corrected chi connectivity index (χ2v) is 7.47. The quantitative estimate of drug-likeness (QED) is 0.718. The largest absolute Gasteiger partial charge is 0.481 e. The number of amides is 1. The molecule has 28 heavy (non-hydrogen) atoms. The van der Waals surface area contributed by atoms with E-state index >= 15 is 0 Å². The fourth-order valence-corrected chi connectivity index (χ4v) is 4.33. The van der Waals surface area contributed by atoms with Gasteiger partial charge in [-0.3, -0.25) is 9.59 Å². The summed E-state index contributed by atoms with van der Waals surface area (Å²) in [5.41, 5.74) is -4.79. The van der Waals surface area contributed by atoms with E-state index < -0.39 is 58.3 Å². The monoisotopic (exact) mass is 398 g/mol. The van der Waals surface area contributed by atoms with Gasteiger partial charge in [-0.1, -0.05) is 0 Å². The maximum Gasteiger partial charge on any atom is 0.417 e. The molecule has 1 amide bonds. The highest BCUT2D eigenvalue weighted by atomic mass is 19.4. The Bertz CT molecular complexity index is 896. The van der Waals surface area contributed by atoms with Gasteiger partial charge in [-0.2, -0.15) is 18.4 Å². The first-order chi connectivity index (χ1) is 12.8. The number of fused-ring (bicyclic) bond motifs is 2. The zero-order chi connectivity index (χ0) is 21.1. The number of nitrogens with one attached hydrogen (secondary N) is 1. The second-order valence-electron chi connectivity index (χ2n) is 7.47. The molecule has 2 fully saturated rings. The van der Waals surface area contributed by atoms with E-state index in [2.05, 4.69) is 5.32 Å². The third kappa shape index (κ3) is 2.91. The lowest BCUT2D eigenvalue weighted by molar-refractivity contribution is -0.154. The highest BCUT2D eigenvalue weighted by Crippen LogP contribution is 2.57. The molecular weight excluding hydrogens is 381 g/mol. The van der Waals surface area contributed by atoms with Gasteiger partial charge in [-0.15, -0.1) is 0 Å². The number of nitrogens with zero attached hydrogens (tertiary/aromatic N) is 1. The summed E-state index contributed by atoms with van der Waals surface area (Å²) >= 11 is 0. The number of nitriles is 1. The lowest BCUT2D eigenvalue weighted by Crippen LogP contribution is -2.54. The van der Waals surface area contributed by atoms with Crippen LogP contribution >= 0.6 is 0 Å². The number of aliphatic hydroxyl groups is 1. The molecule has 2 bridgehead atoms. The maximum absolute atomic E-state index is 13.1. The topological polar surface area (TPSA) is 120 Å². The predicted octanol–water partition coefficient (Wildman–Crippen LogP) is 2.14. The summed E-state index contributed by atoms with van der Waals surface area (Å²) in [5.74, 6) is -4.77. The van der Waals surface area contributed by atoms with Crippen molar-refractivity contribution in [1.82, 2.24) is 0 Å². The molecule has 0 radical (unpaired) electrons. The number of ether oxygens (including phenoxy) is 1. The van der Waals surface area contributed by atoms with Crippen LogP contribution in [0.1, 0.15) is 31.4 Å². The molecule has 0 aromatic heterocycles. The van der Waals surface area contributed by atoms with E-state index in [0.717, 1.165) is 12.1 Å². The molecule has 1 aromatic rings. The van der Waals surface area contributed by atoms with Gasteiger partial charge in [0, 0.05) is 12.1 Å². The number of anilines is 1. The molecule has 2 aliphatic rings. The number of carbonyl (C=O) groups is 2. The number of aliphatic carboxylic acids is 1. The smallest absolute Gasteiger partial charge is 0.417 e. The molecule has 10 heteroatoms. The average Bonchev–Trinajstić information content (AvgIpc) is 2.95. The molecule has 5 unspecified atom stereocenters. The van der Waals surface area contributed by atoms with Crippen molar-refractivity contribution in [2.75, 3.05) is 5.32 Å². The summed E-state index contributed by atoms with van der Waals surface area (Å²) in [6, 6.07) is 4.12. The molecule has 7 nitrogen and oxygen atoms in total. The van der Waals surface area contributed by atoms with Gasteiger partial charge in [0.1, 0.15) is 11.5 Å². The van der Waals surface area contributed by atoms with E-state index in [-0.39, 0.29) is 12.1 Å². The Hall–Kier alpha value is -2.64. The van der Waals surface area contributed by atoms with Crippen LogP contribution in [0.5, 0.6) is 0 Å². The van der Waals surface area contributed by atoms with Crippen molar-refractivity contribution in [3.8, 4) is 6.07 Å². The maximum atomic E-state index is 13.1. The fraction of sp³-hybridized carbons (Fsp3) is 0.500. The van der Waals surface area contributed by atoms with Gasteiger partial charge < -0.3 is 20.3 Å². The van der Waals surface area contributed by atoms with E-state index in [1.54, 1.807) is 0 Å². The van der Waals surface area contributed by atoms with E-state index in [1.165, 1.54) is 19.9 Å². The van der Waals surface area contributed by atoms with Crippen LogP contribution in [0.25, 0.3) is 0 Å². The molecule has 2 aliphatic heterocycles. The minimum atomic E-state index is -4.80. The first kappa shape index (κ1) is 20.1. The lowest BCUT2D eigenvalue weighted by atomic mass is 9.66. The predicted molar refractivity (Wildman–Crippen MR) is 87.9 cm³/mol. The van der Waals surface area contributed by atoms with Crippen LogP contribution in [-0.4, -0.2) is 39.4 Å². The molecule has 3 N–H and O–H groups in total. The number of carboxylic acids is 1. The summed E-state index contributed by atoms with van der Waals surface area (Å²) in [6.07, 6.45) is -5.87. The van der Waals surface area contributed by atoms with E-state index in [1.807, 2.05) is 0 Å².